The highest BCUT2D eigenvalue weighted by molar-refractivity contribution is 7.98. The molecule has 9 heteroatoms. The summed E-state index contributed by atoms with van der Waals surface area (Å²) in [5.41, 5.74) is 1.40. The highest BCUT2D eigenvalue weighted by atomic mass is 32.2. The maximum atomic E-state index is 13.5. The number of rotatable bonds is 4. The van der Waals surface area contributed by atoms with Crippen LogP contribution in [0.4, 0.5) is 8.78 Å². The number of hydrogen-bond acceptors (Lipinski definition) is 5. The molecule has 0 N–H and O–H groups in total. The predicted molar refractivity (Wildman–Crippen MR) is 95.4 cm³/mol. The fourth-order valence-corrected chi connectivity index (χ4v) is 4.35. The summed E-state index contributed by atoms with van der Waals surface area (Å²) >= 11 is 2.56. The second kappa shape index (κ2) is 6.23. The Labute approximate surface area is 148 Å². The normalized spacial score (nSPS) is 11.8. The molecule has 0 saturated carbocycles. The van der Waals surface area contributed by atoms with E-state index in [2.05, 4.69) is 9.97 Å². The Morgan fingerprint density at radius 1 is 1.20 bits per heavy atom. The van der Waals surface area contributed by atoms with Gasteiger partial charge in [0.15, 0.2) is 5.16 Å². The molecule has 0 spiro atoms. The van der Waals surface area contributed by atoms with E-state index in [1.165, 1.54) is 27.7 Å². The Morgan fingerprint density at radius 3 is 2.80 bits per heavy atom. The summed E-state index contributed by atoms with van der Waals surface area (Å²) in [6.45, 7) is -2.68. The van der Waals surface area contributed by atoms with E-state index in [-0.39, 0.29) is 17.1 Å². The second-order valence-electron chi connectivity index (χ2n) is 5.35. The molecule has 4 rings (SSSR count). The number of imidazole rings is 1. The number of benzene rings is 1. The van der Waals surface area contributed by atoms with Crippen LogP contribution in [0.5, 0.6) is 0 Å². The molecule has 128 valence electrons. The van der Waals surface area contributed by atoms with Gasteiger partial charge in [-0.2, -0.15) is 8.78 Å². The summed E-state index contributed by atoms with van der Waals surface area (Å²) in [5.74, 6) is 0.440. The third-order valence-corrected chi connectivity index (χ3v) is 5.76. The summed E-state index contributed by atoms with van der Waals surface area (Å²) < 4.78 is 29.9. The lowest BCUT2D eigenvalue weighted by molar-refractivity contribution is 0.0722. The minimum atomic E-state index is -2.68. The molecule has 25 heavy (non-hydrogen) atoms. The van der Waals surface area contributed by atoms with Crippen molar-refractivity contribution >= 4 is 44.3 Å². The van der Waals surface area contributed by atoms with Crippen molar-refractivity contribution in [3.8, 4) is 0 Å². The zero-order valence-electron chi connectivity index (χ0n) is 13.0. The van der Waals surface area contributed by atoms with Crippen LogP contribution in [0.25, 0.3) is 21.3 Å². The zero-order chi connectivity index (χ0) is 17.6. The predicted octanol–water partition coefficient (Wildman–Crippen LogP) is 4.03. The average molecular weight is 378 g/mol. The number of para-hydroxylation sites is 2. The van der Waals surface area contributed by atoms with Gasteiger partial charge >= 0.3 is 6.55 Å². The molecule has 0 amide bonds. The summed E-state index contributed by atoms with van der Waals surface area (Å²) in [7, 11) is 1.63. The highest BCUT2D eigenvalue weighted by Crippen LogP contribution is 2.28. The summed E-state index contributed by atoms with van der Waals surface area (Å²) in [4.78, 5) is 21.1. The molecule has 0 aliphatic carbocycles. The molecule has 0 atom stereocenters. The number of alkyl halides is 2. The minimum absolute atomic E-state index is 0.134. The molecule has 0 radical (unpaired) electrons. The van der Waals surface area contributed by atoms with Gasteiger partial charge in [-0.15, -0.1) is 11.3 Å². The SMILES string of the molecule is Cn1c(SCc2nc3ccccc3n2C(F)F)nc2ccsc2c1=O. The van der Waals surface area contributed by atoms with E-state index in [1.54, 1.807) is 37.4 Å². The molecular formula is C16H12F2N4OS2. The molecule has 0 aliphatic heterocycles. The lowest BCUT2D eigenvalue weighted by Gasteiger charge is -2.09. The Balaban J connectivity index is 1.72. The van der Waals surface area contributed by atoms with Crippen molar-refractivity contribution in [2.45, 2.75) is 17.5 Å². The van der Waals surface area contributed by atoms with E-state index in [0.29, 0.717) is 26.4 Å². The number of thioether (sulfide) groups is 1. The maximum absolute atomic E-state index is 13.5. The third kappa shape index (κ3) is 2.73. The van der Waals surface area contributed by atoms with Crippen molar-refractivity contribution in [1.82, 2.24) is 19.1 Å². The van der Waals surface area contributed by atoms with Gasteiger partial charge in [0.25, 0.3) is 5.56 Å². The van der Waals surface area contributed by atoms with Gasteiger partial charge in [0.2, 0.25) is 0 Å². The first-order valence-electron chi connectivity index (χ1n) is 7.37. The highest BCUT2D eigenvalue weighted by Gasteiger charge is 2.18. The molecule has 3 heterocycles. The number of aromatic nitrogens is 4. The van der Waals surface area contributed by atoms with Gasteiger partial charge in [-0.3, -0.25) is 13.9 Å². The van der Waals surface area contributed by atoms with E-state index < -0.39 is 6.55 Å². The molecule has 4 aromatic rings. The van der Waals surface area contributed by atoms with Crippen LogP contribution in [0.2, 0.25) is 0 Å². The van der Waals surface area contributed by atoms with Gasteiger partial charge in [0.1, 0.15) is 10.5 Å². The first kappa shape index (κ1) is 16.2. The number of fused-ring (bicyclic) bond motifs is 2. The third-order valence-electron chi connectivity index (χ3n) is 3.84. The molecule has 5 nitrogen and oxygen atoms in total. The van der Waals surface area contributed by atoms with E-state index >= 15 is 0 Å². The number of halogens is 2. The molecule has 0 bridgehead atoms. The van der Waals surface area contributed by atoms with Crippen LogP contribution in [-0.4, -0.2) is 19.1 Å². The van der Waals surface area contributed by atoms with Crippen molar-refractivity contribution in [2.24, 2.45) is 7.05 Å². The van der Waals surface area contributed by atoms with Gasteiger partial charge < -0.3 is 0 Å². The molecule has 0 unspecified atom stereocenters. The first-order chi connectivity index (χ1) is 12.1. The maximum Gasteiger partial charge on any atom is 0.320 e. The molecule has 0 aliphatic rings. The van der Waals surface area contributed by atoms with Crippen molar-refractivity contribution in [1.29, 1.82) is 0 Å². The molecule has 3 aromatic heterocycles. The lowest BCUT2D eigenvalue weighted by Crippen LogP contribution is -2.19. The van der Waals surface area contributed by atoms with Crippen molar-refractivity contribution in [3.05, 3.63) is 51.9 Å². The van der Waals surface area contributed by atoms with Gasteiger partial charge in [-0.25, -0.2) is 9.97 Å². The zero-order valence-corrected chi connectivity index (χ0v) is 14.7. The lowest BCUT2D eigenvalue weighted by atomic mass is 10.3. The molecule has 0 saturated heterocycles. The van der Waals surface area contributed by atoms with Crippen LogP contribution in [0.15, 0.2) is 45.7 Å². The van der Waals surface area contributed by atoms with Crippen LogP contribution in [0, 0.1) is 0 Å². The van der Waals surface area contributed by atoms with E-state index in [9.17, 15) is 13.6 Å². The van der Waals surface area contributed by atoms with Crippen LogP contribution in [-0.2, 0) is 12.8 Å². The topological polar surface area (TPSA) is 52.7 Å². The summed E-state index contributed by atoms with van der Waals surface area (Å²) in [5, 5.41) is 2.28. The Hall–Kier alpha value is -2.26. The van der Waals surface area contributed by atoms with Crippen molar-refractivity contribution < 1.29 is 8.78 Å². The Kier molecular flexibility index (Phi) is 4.04. The van der Waals surface area contributed by atoms with Crippen LogP contribution >= 0.6 is 23.1 Å². The summed E-state index contributed by atoms with van der Waals surface area (Å²) in [6.07, 6.45) is 0. The first-order valence-corrected chi connectivity index (χ1v) is 9.24. The number of hydrogen-bond donors (Lipinski definition) is 0. The van der Waals surface area contributed by atoms with E-state index in [4.69, 9.17) is 0 Å². The van der Waals surface area contributed by atoms with Gasteiger partial charge in [0.05, 0.1) is 22.3 Å². The average Bonchev–Trinajstić information content (AvgIpc) is 3.20. The number of nitrogens with zero attached hydrogens (tertiary/aromatic N) is 4. The minimum Gasteiger partial charge on any atom is -0.290 e. The smallest absolute Gasteiger partial charge is 0.290 e. The van der Waals surface area contributed by atoms with E-state index in [0.717, 1.165) is 4.57 Å². The standard InChI is InChI=1S/C16H12F2N4OS2/c1-21-14(23)13-10(6-7-24-13)20-16(21)25-8-12-19-9-4-2-3-5-11(9)22(12)15(17)18/h2-7,15H,8H2,1H3. The van der Waals surface area contributed by atoms with Gasteiger partial charge in [-0.05, 0) is 23.6 Å². The molecule has 1 aromatic carbocycles. The van der Waals surface area contributed by atoms with Gasteiger partial charge in [-0.1, -0.05) is 23.9 Å². The van der Waals surface area contributed by atoms with Crippen LogP contribution < -0.4 is 5.56 Å². The molecular weight excluding hydrogens is 366 g/mol. The van der Waals surface area contributed by atoms with Crippen molar-refractivity contribution in [3.63, 3.8) is 0 Å². The fraction of sp³-hybridized carbons (Fsp3) is 0.188. The largest absolute Gasteiger partial charge is 0.320 e. The quantitative estimate of drug-likeness (QED) is 0.397. The Bertz CT molecular complexity index is 1130. The van der Waals surface area contributed by atoms with E-state index in [1.807, 2.05) is 5.38 Å². The monoisotopic (exact) mass is 378 g/mol. The summed E-state index contributed by atoms with van der Waals surface area (Å²) in [6, 6.07) is 8.56. The van der Waals surface area contributed by atoms with Gasteiger partial charge in [0, 0.05) is 7.05 Å². The van der Waals surface area contributed by atoms with Crippen molar-refractivity contribution in [2.75, 3.05) is 0 Å². The Morgan fingerprint density at radius 2 is 2.00 bits per heavy atom. The molecule has 0 fully saturated rings. The fourth-order valence-electron chi connectivity index (χ4n) is 2.64. The second-order valence-corrected chi connectivity index (χ2v) is 7.21. The van der Waals surface area contributed by atoms with Crippen LogP contribution in [0.3, 0.4) is 0 Å². The number of thiophene rings is 1. The van der Waals surface area contributed by atoms with Crippen LogP contribution in [0.1, 0.15) is 12.4 Å².